The molecule has 0 aromatic heterocycles. The molecule has 2 fully saturated rings. The zero-order valence-electron chi connectivity index (χ0n) is 12.0. The third-order valence-electron chi connectivity index (χ3n) is 4.51. The number of aliphatic hydroxyl groups excluding tert-OH is 1. The van der Waals surface area contributed by atoms with E-state index < -0.39 is 6.10 Å². The van der Waals surface area contributed by atoms with Gasteiger partial charge in [-0.1, -0.05) is 36.2 Å². The van der Waals surface area contributed by atoms with Crippen LogP contribution >= 0.6 is 11.6 Å². The quantitative estimate of drug-likeness (QED) is 0.929. The third-order valence-corrected chi connectivity index (χ3v) is 4.86. The van der Waals surface area contributed by atoms with E-state index in [1.807, 2.05) is 0 Å². The van der Waals surface area contributed by atoms with Crippen LogP contribution in [0.5, 0.6) is 0 Å². The molecule has 2 aliphatic heterocycles. The minimum absolute atomic E-state index is 0.239. The normalized spacial score (nSPS) is 21.9. The van der Waals surface area contributed by atoms with Gasteiger partial charge in [-0.25, -0.2) is 0 Å². The van der Waals surface area contributed by atoms with Gasteiger partial charge in [-0.2, -0.15) is 0 Å². The number of amides is 1. The highest BCUT2D eigenvalue weighted by Crippen LogP contribution is 2.27. The molecule has 1 N–H and O–H groups in total. The van der Waals surface area contributed by atoms with Crippen LogP contribution in [-0.2, 0) is 4.79 Å². The molecule has 0 bridgehead atoms. The van der Waals surface area contributed by atoms with Crippen molar-refractivity contribution >= 4 is 17.5 Å². The minimum Gasteiger partial charge on any atom is -0.378 e. The zero-order chi connectivity index (χ0) is 14.8. The van der Waals surface area contributed by atoms with Crippen molar-refractivity contribution in [1.82, 2.24) is 9.80 Å². The van der Waals surface area contributed by atoms with Gasteiger partial charge in [-0.15, -0.1) is 0 Å². The number of nitrogens with zero attached hydrogens (tertiary/aromatic N) is 2. The van der Waals surface area contributed by atoms with Gasteiger partial charge in [-0.3, -0.25) is 9.69 Å². The van der Waals surface area contributed by atoms with Crippen LogP contribution in [0.3, 0.4) is 0 Å². The molecule has 2 saturated heterocycles. The van der Waals surface area contributed by atoms with Crippen molar-refractivity contribution in [2.45, 2.75) is 31.4 Å². The first-order valence-electron chi connectivity index (χ1n) is 7.62. The second-order valence-electron chi connectivity index (χ2n) is 5.92. The van der Waals surface area contributed by atoms with Crippen LogP contribution in [0.2, 0.25) is 5.02 Å². The molecule has 21 heavy (non-hydrogen) atoms. The van der Waals surface area contributed by atoms with E-state index in [1.54, 1.807) is 29.2 Å². The number of benzene rings is 1. The van der Waals surface area contributed by atoms with Gasteiger partial charge in [0.1, 0.15) is 0 Å². The Morgan fingerprint density at radius 3 is 2.52 bits per heavy atom. The Morgan fingerprint density at radius 1 is 1.19 bits per heavy atom. The van der Waals surface area contributed by atoms with Gasteiger partial charge >= 0.3 is 0 Å². The third kappa shape index (κ3) is 3.07. The predicted octanol–water partition coefficient (Wildman–Crippen LogP) is 2.07. The van der Waals surface area contributed by atoms with E-state index in [4.69, 9.17) is 11.6 Å². The Bertz CT molecular complexity index is 511. The van der Waals surface area contributed by atoms with Crippen molar-refractivity contribution in [1.29, 1.82) is 0 Å². The average molecular weight is 309 g/mol. The fraction of sp³-hybridized carbons (Fsp3) is 0.562. The summed E-state index contributed by atoms with van der Waals surface area (Å²) in [5, 5.41) is 10.6. The van der Waals surface area contributed by atoms with Crippen LogP contribution in [0.4, 0.5) is 0 Å². The number of piperidine rings is 1. The Kier molecular flexibility index (Phi) is 4.48. The predicted molar refractivity (Wildman–Crippen MR) is 82.2 cm³/mol. The fourth-order valence-corrected chi connectivity index (χ4v) is 3.39. The first-order valence-corrected chi connectivity index (χ1v) is 8.00. The van der Waals surface area contributed by atoms with Gasteiger partial charge in [0, 0.05) is 29.7 Å². The molecule has 2 heterocycles. The van der Waals surface area contributed by atoms with Gasteiger partial charge in [0.05, 0.1) is 0 Å². The fourth-order valence-electron chi connectivity index (χ4n) is 3.15. The number of rotatable bonds is 3. The average Bonchev–Trinajstić information content (AvgIpc) is 2.46. The summed E-state index contributed by atoms with van der Waals surface area (Å²) in [5.41, 5.74) is 0.491. The van der Waals surface area contributed by atoms with E-state index in [1.165, 1.54) is 19.3 Å². The van der Waals surface area contributed by atoms with E-state index in [2.05, 4.69) is 4.90 Å². The summed E-state index contributed by atoms with van der Waals surface area (Å²) >= 11 is 6.04. The van der Waals surface area contributed by atoms with Gasteiger partial charge in [0.25, 0.3) is 5.91 Å². The SMILES string of the molecule is O=C([C@H](O)c1ccccc1Cl)N1CC(N2CCCCC2)C1. The smallest absolute Gasteiger partial charge is 0.256 e. The van der Waals surface area contributed by atoms with Crippen molar-refractivity contribution in [3.05, 3.63) is 34.9 Å². The number of aliphatic hydroxyl groups is 1. The Hall–Kier alpha value is -1.10. The number of carbonyl (C=O) groups is 1. The Balaban J connectivity index is 1.56. The standard InChI is InChI=1S/C16H21ClN2O2/c17-14-7-3-2-6-13(14)15(20)16(21)19-10-12(11-19)18-8-4-1-5-9-18/h2-3,6-7,12,15,20H,1,4-5,8-11H2/t15-/m1/s1. The molecular formula is C16H21ClN2O2. The highest BCUT2D eigenvalue weighted by Gasteiger charge is 2.37. The molecule has 1 amide bonds. The van der Waals surface area contributed by atoms with Crippen LogP contribution in [0.25, 0.3) is 0 Å². The first-order chi connectivity index (χ1) is 10.2. The van der Waals surface area contributed by atoms with Crippen LogP contribution in [0.1, 0.15) is 30.9 Å². The van der Waals surface area contributed by atoms with E-state index >= 15 is 0 Å². The van der Waals surface area contributed by atoms with E-state index in [-0.39, 0.29) is 5.91 Å². The summed E-state index contributed by atoms with van der Waals surface area (Å²) in [5.74, 6) is -0.239. The van der Waals surface area contributed by atoms with Crippen molar-refractivity contribution in [3.8, 4) is 0 Å². The molecule has 1 aromatic carbocycles. The largest absolute Gasteiger partial charge is 0.378 e. The summed E-state index contributed by atoms with van der Waals surface area (Å²) in [4.78, 5) is 16.5. The molecule has 1 atom stereocenters. The van der Waals surface area contributed by atoms with E-state index in [9.17, 15) is 9.90 Å². The number of hydrogen-bond donors (Lipinski definition) is 1. The van der Waals surface area contributed by atoms with Gasteiger partial charge < -0.3 is 10.0 Å². The maximum atomic E-state index is 12.3. The molecular weight excluding hydrogens is 288 g/mol. The van der Waals surface area contributed by atoms with Crippen molar-refractivity contribution in [2.75, 3.05) is 26.2 Å². The van der Waals surface area contributed by atoms with Crippen molar-refractivity contribution in [2.24, 2.45) is 0 Å². The van der Waals surface area contributed by atoms with Crippen molar-refractivity contribution < 1.29 is 9.90 Å². The zero-order valence-corrected chi connectivity index (χ0v) is 12.8. The highest BCUT2D eigenvalue weighted by atomic mass is 35.5. The summed E-state index contributed by atoms with van der Waals surface area (Å²) in [6, 6.07) is 7.43. The molecule has 0 spiro atoms. The summed E-state index contributed by atoms with van der Waals surface area (Å²) in [6.45, 7) is 3.72. The maximum Gasteiger partial charge on any atom is 0.256 e. The number of halogens is 1. The van der Waals surface area contributed by atoms with Crippen LogP contribution in [0.15, 0.2) is 24.3 Å². The maximum absolute atomic E-state index is 12.3. The van der Waals surface area contributed by atoms with Gasteiger partial charge in [-0.05, 0) is 32.0 Å². The summed E-state index contributed by atoms with van der Waals surface area (Å²) in [7, 11) is 0. The second-order valence-corrected chi connectivity index (χ2v) is 6.32. The molecule has 1 aromatic rings. The molecule has 0 unspecified atom stereocenters. The molecule has 0 aliphatic carbocycles. The van der Waals surface area contributed by atoms with Crippen LogP contribution in [0, 0.1) is 0 Å². The first kappa shape index (κ1) is 14.8. The molecule has 114 valence electrons. The molecule has 0 saturated carbocycles. The number of carbonyl (C=O) groups excluding carboxylic acids is 1. The topological polar surface area (TPSA) is 43.8 Å². The lowest BCUT2D eigenvalue weighted by atomic mass is 10.0. The van der Waals surface area contributed by atoms with Gasteiger partial charge in [0.2, 0.25) is 0 Å². The van der Waals surface area contributed by atoms with Crippen molar-refractivity contribution in [3.63, 3.8) is 0 Å². The lowest BCUT2D eigenvalue weighted by Crippen LogP contribution is -2.62. The molecule has 2 aliphatic rings. The Labute approximate surface area is 130 Å². The number of likely N-dealkylation sites (tertiary alicyclic amines) is 2. The van der Waals surface area contributed by atoms with Gasteiger partial charge in [0.15, 0.2) is 6.10 Å². The minimum atomic E-state index is -1.15. The molecule has 3 rings (SSSR count). The lowest BCUT2D eigenvalue weighted by molar-refractivity contribution is -0.148. The summed E-state index contributed by atoms with van der Waals surface area (Å²) < 4.78 is 0. The van der Waals surface area contributed by atoms with E-state index in [0.717, 1.165) is 26.2 Å². The molecule has 0 radical (unpaired) electrons. The second kappa shape index (κ2) is 6.34. The Morgan fingerprint density at radius 2 is 1.86 bits per heavy atom. The van der Waals surface area contributed by atoms with Crippen LogP contribution in [-0.4, -0.2) is 53.0 Å². The summed E-state index contributed by atoms with van der Waals surface area (Å²) in [6.07, 6.45) is 2.68. The molecule has 5 heteroatoms. The molecule has 4 nitrogen and oxygen atoms in total. The van der Waals surface area contributed by atoms with E-state index in [0.29, 0.717) is 16.6 Å². The highest BCUT2D eigenvalue weighted by molar-refractivity contribution is 6.31. The lowest BCUT2D eigenvalue weighted by Gasteiger charge is -2.47. The monoisotopic (exact) mass is 308 g/mol. The van der Waals surface area contributed by atoms with Crippen LogP contribution < -0.4 is 0 Å². The number of hydrogen-bond acceptors (Lipinski definition) is 3.